The van der Waals surface area contributed by atoms with Crippen molar-refractivity contribution in [2.45, 2.75) is 0 Å². The molecular formula is C14H12Cl2N2O2. The molecule has 6 heteroatoms. The van der Waals surface area contributed by atoms with E-state index in [0.29, 0.717) is 32.7 Å². The summed E-state index contributed by atoms with van der Waals surface area (Å²) in [5.74, 6) is 0.188. The molecule has 2 aromatic rings. The van der Waals surface area contributed by atoms with Gasteiger partial charge in [0.05, 0.1) is 12.7 Å². The first-order chi connectivity index (χ1) is 9.49. The van der Waals surface area contributed by atoms with Gasteiger partial charge in [0.15, 0.2) is 0 Å². The molecule has 2 rings (SSSR count). The highest BCUT2D eigenvalue weighted by Gasteiger charge is 2.12. The summed E-state index contributed by atoms with van der Waals surface area (Å²) in [6, 6.07) is 9.64. The molecule has 0 aliphatic carbocycles. The fourth-order valence-electron chi connectivity index (χ4n) is 1.68. The molecule has 0 unspecified atom stereocenters. The minimum Gasteiger partial charge on any atom is -0.497 e. The van der Waals surface area contributed by atoms with Crippen LogP contribution >= 0.6 is 23.2 Å². The van der Waals surface area contributed by atoms with Crippen molar-refractivity contribution in [1.29, 1.82) is 0 Å². The molecule has 2 aromatic carbocycles. The summed E-state index contributed by atoms with van der Waals surface area (Å²) in [5, 5.41) is 3.56. The molecule has 0 aliphatic heterocycles. The van der Waals surface area contributed by atoms with Gasteiger partial charge in [-0.2, -0.15) is 0 Å². The molecular weight excluding hydrogens is 299 g/mol. The molecule has 0 aromatic heterocycles. The molecule has 0 fully saturated rings. The van der Waals surface area contributed by atoms with Gasteiger partial charge in [0.2, 0.25) is 0 Å². The van der Waals surface area contributed by atoms with Gasteiger partial charge in [0, 0.05) is 21.4 Å². The minimum absolute atomic E-state index is 0.320. The van der Waals surface area contributed by atoms with Gasteiger partial charge in [0.1, 0.15) is 5.75 Å². The molecule has 0 saturated heterocycles. The Bertz CT molecular complexity index is 639. The van der Waals surface area contributed by atoms with Crippen LogP contribution in [0.15, 0.2) is 36.4 Å². The van der Waals surface area contributed by atoms with E-state index in [4.69, 9.17) is 33.7 Å². The highest BCUT2D eigenvalue weighted by molar-refractivity contribution is 6.35. The monoisotopic (exact) mass is 310 g/mol. The third-order valence-corrected chi connectivity index (χ3v) is 3.06. The molecule has 4 nitrogen and oxygen atoms in total. The van der Waals surface area contributed by atoms with E-state index in [9.17, 15) is 4.79 Å². The summed E-state index contributed by atoms with van der Waals surface area (Å²) in [6.45, 7) is 0. The van der Waals surface area contributed by atoms with Crippen LogP contribution in [0.25, 0.3) is 0 Å². The van der Waals surface area contributed by atoms with Gasteiger partial charge < -0.3 is 15.8 Å². The predicted octanol–water partition coefficient (Wildman–Crippen LogP) is 3.84. The van der Waals surface area contributed by atoms with E-state index >= 15 is 0 Å². The number of hydrogen-bond donors (Lipinski definition) is 2. The molecule has 20 heavy (non-hydrogen) atoms. The Hall–Kier alpha value is -1.91. The van der Waals surface area contributed by atoms with Crippen molar-refractivity contribution in [2.24, 2.45) is 0 Å². The second-order valence-corrected chi connectivity index (χ2v) is 4.94. The second-order valence-electron chi connectivity index (χ2n) is 4.07. The maximum absolute atomic E-state index is 12.2. The van der Waals surface area contributed by atoms with Crippen molar-refractivity contribution < 1.29 is 9.53 Å². The van der Waals surface area contributed by atoms with Gasteiger partial charge in [-0.25, -0.2) is 0 Å². The highest BCUT2D eigenvalue weighted by atomic mass is 35.5. The number of amides is 1. The smallest absolute Gasteiger partial charge is 0.257 e. The molecule has 0 atom stereocenters. The Morgan fingerprint density at radius 3 is 2.40 bits per heavy atom. The molecule has 0 radical (unpaired) electrons. The van der Waals surface area contributed by atoms with Crippen LogP contribution in [-0.4, -0.2) is 13.0 Å². The average molecular weight is 311 g/mol. The topological polar surface area (TPSA) is 64.3 Å². The van der Waals surface area contributed by atoms with Crippen LogP contribution < -0.4 is 15.8 Å². The third kappa shape index (κ3) is 3.35. The zero-order valence-electron chi connectivity index (χ0n) is 10.6. The van der Waals surface area contributed by atoms with Crippen molar-refractivity contribution in [3.8, 4) is 5.75 Å². The second kappa shape index (κ2) is 6.03. The van der Waals surface area contributed by atoms with E-state index in [1.165, 1.54) is 7.11 Å². The van der Waals surface area contributed by atoms with Crippen molar-refractivity contribution in [3.63, 3.8) is 0 Å². The fourth-order valence-corrected chi connectivity index (χ4v) is 2.21. The number of hydrogen-bond acceptors (Lipinski definition) is 3. The van der Waals surface area contributed by atoms with Crippen molar-refractivity contribution in [3.05, 3.63) is 52.0 Å². The van der Waals surface area contributed by atoms with Gasteiger partial charge >= 0.3 is 0 Å². The molecule has 3 N–H and O–H groups in total. The van der Waals surface area contributed by atoms with Gasteiger partial charge in [0.25, 0.3) is 5.91 Å². The van der Waals surface area contributed by atoms with Gasteiger partial charge in [-0.3, -0.25) is 4.79 Å². The van der Waals surface area contributed by atoms with Crippen LogP contribution in [0.4, 0.5) is 11.4 Å². The van der Waals surface area contributed by atoms with Gasteiger partial charge in [-0.05, 0) is 36.4 Å². The van der Waals surface area contributed by atoms with E-state index in [1.54, 1.807) is 36.4 Å². The lowest BCUT2D eigenvalue weighted by molar-refractivity contribution is 0.102. The lowest BCUT2D eigenvalue weighted by Crippen LogP contribution is -2.14. The molecule has 0 spiro atoms. The molecule has 0 saturated carbocycles. The van der Waals surface area contributed by atoms with E-state index in [-0.39, 0.29) is 5.91 Å². The van der Waals surface area contributed by atoms with Gasteiger partial charge in [-0.1, -0.05) is 23.2 Å². The maximum Gasteiger partial charge on any atom is 0.257 e. The maximum atomic E-state index is 12.2. The quantitative estimate of drug-likeness (QED) is 0.847. The van der Waals surface area contributed by atoms with E-state index in [2.05, 4.69) is 5.32 Å². The van der Waals surface area contributed by atoms with E-state index in [1.807, 2.05) is 0 Å². The van der Waals surface area contributed by atoms with E-state index < -0.39 is 0 Å². The summed E-state index contributed by atoms with van der Waals surface area (Å²) >= 11 is 11.8. The largest absolute Gasteiger partial charge is 0.497 e. The lowest BCUT2D eigenvalue weighted by Gasteiger charge is -2.10. The number of halogens is 2. The number of carbonyl (C=O) groups is 1. The number of benzene rings is 2. The number of rotatable bonds is 3. The summed E-state index contributed by atoms with van der Waals surface area (Å²) < 4.78 is 5.07. The summed E-state index contributed by atoms with van der Waals surface area (Å²) in [7, 11) is 1.52. The number of ether oxygens (including phenoxy) is 1. The van der Waals surface area contributed by atoms with Crippen LogP contribution in [-0.2, 0) is 0 Å². The third-order valence-electron chi connectivity index (χ3n) is 2.63. The minimum atomic E-state index is -0.361. The zero-order valence-corrected chi connectivity index (χ0v) is 12.1. The molecule has 104 valence electrons. The zero-order chi connectivity index (χ0) is 14.7. The summed E-state index contributed by atoms with van der Waals surface area (Å²) in [6.07, 6.45) is 0. The average Bonchev–Trinajstić information content (AvgIpc) is 2.37. The highest BCUT2D eigenvalue weighted by Crippen LogP contribution is 2.24. The summed E-state index contributed by atoms with van der Waals surface area (Å²) in [5.41, 5.74) is 6.96. The Balaban J connectivity index is 2.27. The van der Waals surface area contributed by atoms with Crippen molar-refractivity contribution in [2.75, 3.05) is 18.2 Å². The normalized spacial score (nSPS) is 10.2. The number of anilines is 2. The van der Waals surface area contributed by atoms with Gasteiger partial charge in [-0.15, -0.1) is 0 Å². The Kier molecular flexibility index (Phi) is 4.37. The first-order valence-electron chi connectivity index (χ1n) is 5.70. The number of nitrogens with one attached hydrogen (secondary N) is 1. The standard InChI is InChI=1S/C14H12Cl2N2O2/c1-20-11-2-3-13(17)12(7-11)14(19)18-10-5-8(15)4-9(16)6-10/h2-7H,17H2,1H3,(H,18,19). The first-order valence-corrected chi connectivity index (χ1v) is 6.46. The van der Waals surface area contributed by atoms with Crippen molar-refractivity contribution in [1.82, 2.24) is 0 Å². The molecule has 0 aliphatic rings. The van der Waals surface area contributed by atoms with Crippen LogP contribution in [0.3, 0.4) is 0 Å². The van der Waals surface area contributed by atoms with Crippen LogP contribution in [0, 0.1) is 0 Å². The number of nitrogen functional groups attached to an aromatic ring is 1. The lowest BCUT2D eigenvalue weighted by atomic mass is 10.1. The van der Waals surface area contributed by atoms with Crippen molar-refractivity contribution >= 4 is 40.5 Å². The van der Waals surface area contributed by atoms with Crippen LogP contribution in [0.5, 0.6) is 5.75 Å². The SMILES string of the molecule is COc1ccc(N)c(C(=O)Nc2cc(Cl)cc(Cl)c2)c1. The number of nitrogens with two attached hydrogens (primary N) is 1. The molecule has 1 amide bonds. The molecule has 0 bridgehead atoms. The number of carbonyl (C=O) groups excluding carboxylic acids is 1. The Morgan fingerprint density at radius 1 is 1.15 bits per heavy atom. The predicted molar refractivity (Wildman–Crippen MR) is 81.8 cm³/mol. The summed E-state index contributed by atoms with van der Waals surface area (Å²) in [4.78, 5) is 12.2. The molecule has 0 heterocycles. The Morgan fingerprint density at radius 2 is 1.80 bits per heavy atom. The Labute approximate surface area is 126 Å². The van der Waals surface area contributed by atoms with E-state index in [0.717, 1.165) is 0 Å². The first kappa shape index (κ1) is 14.5. The number of methoxy groups -OCH3 is 1. The fraction of sp³-hybridized carbons (Fsp3) is 0.0714. The van der Waals surface area contributed by atoms with Crippen LogP contribution in [0.2, 0.25) is 10.0 Å². The van der Waals surface area contributed by atoms with Crippen LogP contribution in [0.1, 0.15) is 10.4 Å².